The highest BCUT2D eigenvalue weighted by molar-refractivity contribution is 6.35. The molecule has 0 aromatic heterocycles. The minimum absolute atomic E-state index is 0.0125. The van der Waals surface area contributed by atoms with E-state index in [1.54, 1.807) is 24.3 Å². The lowest BCUT2D eigenvalue weighted by Gasteiger charge is -2.08. The molecule has 5 heteroatoms. The lowest BCUT2D eigenvalue weighted by Crippen LogP contribution is -1.87. The van der Waals surface area contributed by atoms with E-state index in [0.717, 1.165) is 0 Å². The second-order valence-corrected chi connectivity index (χ2v) is 4.91. The van der Waals surface area contributed by atoms with Crippen LogP contribution in [0.4, 0.5) is 8.78 Å². The molecule has 0 bridgehead atoms. The average Bonchev–Trinajstić information content (AvgIpc) is 2.31. The fourth-order valence-corrected chi connectivity index (χ4v) is 2.25. The lowest BCUT2D eigenvalue weighted by molar-refractivity contribution is 0.151. The van der Waals surface area contributed by atoms with Crippen molar-refractivity contribution >= 4 is 34.8 Å². The van der Waals surface area contributed by atoms with Crippen molar-refractivity contribution in [1.82, 2.24) is 0 Å². The fraction of sp³-hybridized carbons (Fsp3) is 0.0769. The van der Waals surface area contributed by atoms with Crippen LogP contribution in [0, 0.1) is 0 Å². The molecule has 0 radical (unpaired) electrons. The maximum atomic E-state index is 12.6. The number of rotatable bonds is 2. The molecule has 0 amide bonds. The Morgan fingerprint density at radius 2 is 1.56 bits per heavy atom. The summed E-state index contributed by atoms with van der Waals surface area (Å²) in [6, 6.07) is 9.26. The second kappa shape index (κ2) is 5.43. The van der Waals surface area contributed by atoms with Crippen LogP contribution >= 0.6 is 34.8 Å². The predicted molar refractivity (Wildman–Crippen MR) is 71.9 cm³/mol. The van der Waals surface area contributed by atoms with E-state index in [1.807, 2.05) is 0 Å². The maximum absolute atomic E-state index is 12.6. The van der Waals surface area contributed by atoms with Gasteiger partial charge in [0.2, 0.25) is 0 Å². The van der Waals surface area contributed by atoms with Crippen LogP contribution in [0.15, 0.2) is 36.4 Å². The van der Waals surface area contributed by atoms with E-state index in [-0.39, 0.29) is 10.6 Å². The minimum Gasteiger partial charge on any atom is -0.205 e. The Morgan fingerprint density at radius 3 is 2.17 bits per heavy atom. The van der Waals surface area contributed by atoms with Crippen molar-refractivity contribution in [2.24, 2.45) is 0 Å². The molecule has 0 heterocycles. The van der Waals surface area contributed by atoms with Crippen LogP contribution in [0.2, 0.25) is 15.1 Å². The van der Waals surface area contributed by atoms with Gasteiger partial charge in [-0.25, -0.2) is 8.78 Å². The van der Waals surface area contributed by atoms with Gasteiger partial charge < -0.3 is 0 Å². The van der Waals surface area contributed by atoms with Gasteiger partial charge in [-0.15, -0.1) is 0 Å². The molecule has 0 aliphatic carbocycles. The predicted octanol–water partition coefficient (Wildman–Crippen LogP) is 6.25. The number of hydrogen-bond donors (Lipinski definition) is 0. The number of halogens is 5. The highest BCUT2D eigenvalue weighted by Crippen LogP contribution is 2.35. The van der Waals surface area contributed by atoms with Crippen LogP contribution in [0.1, 0.15) is 12.0 Å². The third kappa shape index (κ3) is 2.77. The Bertz CT molecular complexity index is 582. The summed E-state index contributed by atoms with van der Waals surface area (Å²) in [6.07, 6.45) is -2.60. The molecule has 0 fully saturated rings. The van der Waals surface area contributed by atoms with Crippen molar-refractivity contribution in [2.45, 2.75) is 6.43 Å². The first-order valence-electron chi connectivity index (χ1n) is 5.02. The van der Waals surface area contributed by atoms with Crippen molar-refractivity contribution in [2.75, 3.05) is 0 Å². The van der Waals surface area contributed by atoms with Gasteiger partial charge >= 0.3 is 0 Å². The van der Waals surface area contributed by atoms with E-state index in [1.165, 1.54) is 12.1 Å². The van der Waals surface area contributed by atoms with Gasteiger partial charge in [-0.2, -0.15) is 0 Å². The molecule has 0 unspecified atom stereocenters. The third-order valence-electron chi connectivity index (χ3n) is 2.47. The molecular weight excluding hydrogens is 300 g/mol. The number of hydrogen-bond acceptors (Lipinski definition) is 0. The maximum Gasteiger partial charge on any atom is 0.265 e. The highest BCUT2D eigenvalue weighted by Gasteiger charge is 2.13. The monoisotopic (exact) mass is 306 g/mol. The van der Waals surface area contributed by atoms with E-state index in [9.17, 15) is 8.78 Å². The Balaban J connectivity index is 2.52. The Hall–Kier alpha value is -0.830. The Morgan fingerprint density at radius 1 is 0.833 bits per heavy atom. The molecule has 0 saturated carbocycles. The largest absolute Gasteiger partial charge is 0.265 e. The fourth-order valence-electron chi connectivity index (χ4n) is 1.59. The van der Waals surface area contributed by atoms with Gasteiger partial charge in [0.1, 0.15) is 0 Å². The van der Waals surface area contributed by atoms with Crippen molar-refractivity contribution < 1.29 is 8.78 Å². The molecule has 94 valence electrons. The third-order valence-corrected chi connectivity index (χ3v) is 3.37. The second-order valence-electron chi connectivity index (χ2n) is 3.66. The van der Waals surface area contributed by atoms with Gasteiger partial charge in [-0.3, -0.25) is 0 Å². The van der Waals surface area contributed by atoms with Crippen molar-refractivity contribution in [3.8, 4) is 11.1 Å². The summed E-state index contributed by atoms with van der Waals surface area (Å²) < 4.78 is 25.1. The number of benzene rings is 2. The summed E-state index contributed by atoms with van der Waals surface area (Å²) in [7, 11) is 0. The zero-order valence-electron chi connectivity index (χ0n) is 8.93. The van der Waals surface area contributed by atoms with Crippen LogP contribution in [-0.2, 0) is 0 Å². The van der Waals surface area contributed by atoms with Crippen molar-refractivity contribution in [3.63, 3.8) is 0 Å². The van der Waals surface area contributed by atoms with Crippen LogP contribution < -0.4 is 0 Å². The standard InChI is InChI=1S/C13H7Cl3F2/c14-8-2-4-11(15)10(6-8)7-1-3-9(13(17)18)12(16)5-7/h1-6,13H. The summed E-state index contributed by atoms with van der Waals surface area (Å²) in [6.45, 7) is 0. The normalized spacial score (nSPS) is 11.0. The van der Waals surface area contributed by atoms with E-state index in [0.29, 0.717) is 21.2 Å². The van der Waals surface area contributed by atoms with Crippen LogP contribution in [-0.4, -0.2) is 0 Å². The number of alkyl halides is 2. The highest BCUT2D eigenvalue weighted by atomic mass is 35.5. The molecule has 0 atom stereocenters. The van der Waals surface area contributed by atoms with Crippen LogP contribution in [0.3, 0.4) is 0 Å². The molecule has 0 nitrogen and oxygen atoms in total. The molecule has 2 aromatic rings. The van der Waals surface area contributed by atoms with E-state index in [4.69, 9.17) is 34.8 Å². The lowest BCUT2D eigenvalue weighted by atomic mass is 10.0. The Kier molecular flexibility index (Phi) is 4.10. The first-order chi connectivity index (χ1) is 8.49. The first-order valence-corrected chi connectivity index (χ1v) is 6.15. The molecule has 0 saturated heterocycles. The summed E-state index contributed by atoms with van der Waals surface area (Å²) >= 11 is 17.7. The van der Waals surface area contributed by atoms with Gasteiger partial charge in [-0.05, 0) is 29.8 Å². The topological polar surface area (TPSA) is 0 Å². The summed E-state index contributed by atoms with van der Waals surface area (Å²) in [5.41, 5.74) is 1.11. The zero-order valence-corrected chi connectivity index (χ0v) is 11.2. The van der Waals surface area contributed by atoms with Gasteiger partial charge in [0.15, 0.2) is 0 Å². The zero-order chi connectivity index (χ0) is 13.3. The molecule has 18 heavy (non-hydrogen) atoms. The van der Waals surface area contributed by atoms with Crippen LogP contribution in [0.25, 0.3) is 11.1 Å². The minimum atomic E-state index is -2.60. The van der Waals surface area contributed by atoms with Crippen LogP contribution in [0.5, 0.6) is 0 Å². The summed E-state index contributed by atoms with van der Waals surface area (Å²) in [5, 5.41) is 1.02. The molecule has 0 aliphatic heterocycles. The van der Waals surface area contributed by atoms with E-state index >= 15 is 0 Å². The SMILES string of the molecule is FC(F)c1ccc(-c2cc(Cl)ccc2Cl)cc1Cl. The average molecular weight is 308 g/mol. The van der Waals surface area contributed by atoms with E-state index < -0.39 is 6.43 Å². The Labute approximate surface area is 118 Å². The molecule has 2 aromatic carbocycles. The molecule has 2 rings (SSSR count). The quantitative estimate of drug-likeness (QED) is 0.615. The van der Waals surface area contributed by atoms with Gasteiger partial charge in [0.05, 0.1) is 5.02 Å². The van der Waals surface area contributed by atoms with E-state index in [2.05, 4.69) is 0 Å². The van der Waals surface area contributed by atoms with Gasteiger partial charge in [-0.1, -0.05) is 46.9 Å². The smallest absolute Gasteiger partial charge is 0.205 e. The summed E-state index contributed by atoms with van der Waals surface area (Å²) in [5.74, 6) is 0. The molecule has 0 N–H and O–H groups in total. The van der Waals surface area contributed by atoms with Crippen molar-refractivity contribution in [3.05, 3.63) is 57.0 Å². The van der Waals surface area contributed by atoms with Gasteiger partial charge in [0.25, 0.3) is 6.43 Å². The van der Waals surface area contributed by atoms with Crippen molar-refractivity contribution in [1.29, 1.82) is 0 Å². The first kappa shape index (κ1) is 13.6. The van der Waals surface area contributed by atoms with Gasteiger partial charge in [0, 0.05) is 21.2 Å². The molecular formula is C13H7Cl3F2. The summed E-state index contributed by atoms with van der Waals surface area (Å²) in [4.78, 5) is 0. The molecule has 0 aliphatic rings. The molecule has 0 spiro atoms.